The molecule has 3 aromatic heterocycles. The molecular weight excluding hydrogens is 805 g/mol. The number of fused-ring (bicyclic) bond motifs is 4. The van der Waals surface area contributed by atoms with Crippen LogP contribution < -0.4 is 20.9 Å². The fraction of sp³-hybridized carbons (Fsp3) is 0.419. The monoisotopic (exact) mass is 851 g/mol. The third-order valence-corrected chi connectivity index (χ3v) is 11.8. The van der Waals surface area contributed by atoms with Gasteiger partial charge in [-0.25, -0.2) is 23.0 Å². The van der Waals surface area contributed by atoms with E-state index in [9.17, 15) is 28.0 Å². The fourth-order valence-electron chi connectivity index (χ4n) is 8.66. The van der Waals surface area contributed by atoms with E-state index in [4.69, 9.17) is 14.5 Å². The van der Waals surface area contributed by atoms with Crippen molar-refractivity contribution in [3.05, 3.63) is 95.1 Å². The second kappa shape index (κ2) is 17.6. The Bertz CT molecular complexity index is 2490. The van der Waals surface area contributed by atoms with Gasteiger partial charge in [0.25, 0.3) is 18.2 Å². The Hall–Kier alpha value is -6.31. The number of morpholine rings is 1. The Morgan fingerprint density at radius 2 is 1.90 bits per heavy atom. The van der Waals surface area contributed by atoms with E-state index in [1.165, 1.54) is 21.6 Å². The van der Waals surface area contributed by atoms with Gasteiger partial charge in [-0.2, -0.15) is 10.2 Å². The number of ether oxygens (including phenoxy) is 2. The number of alkyl halides is 2. The molecule has 1 unspecified atom stereocenters. The molecule has 2 aromatic carbocycles. The van der Waals surface area contributed by atoms with Gasteiger partial charge >= 0.3 is 0 Å². The molecule has 7 heterocycles. The van der Waals surface area contributed by atoms with Gasteiger partial charge < -0.3 is 34.8 Å². The Balaban J connectivity index is 0.714. The van der Waals surface area contributed by atoms with E-state index in [0.29, 0.717) is 68.6 Å². The van der Waals surface area contributed by atoms with Crippen LogP contribution in [0, 0.1) is 0 Å². The number of piperidine rings is 1. The Kier molecular flexibility index (Phi) is 11.6. The number of rotatable bonds is 17. The lowest BCUT2D eigenvalue weighted by molar-refractivity contribution is -0.136. The van der Waals surface area contributed by atoms with Crippen molar-refractivity contribution < 1.29 is 37.4 Å². The summed E-state index contributed by atoms with van der Waals surface area (Å²) in [4.78, 5) is 61.2. The van der Waals surface area contributed by atoms with Crippen molar-refractivity contribution >= 4 is 46.5 Å². The molecule has 2 bridgehead atoms. The van der Waals surface area contributed by atoms with Gasteiger partial charge in [0.15, 0.2) is 11.3 Å². The predicted molar refractivity (Wildman–Crippen MR) is 222 cm³/mol. The predicted octanol–water partition coefficient (Wildman–Crippen LogP) is 4.18. The maximum Gasteiger partial charge on any atom is 0.284 e. The molecule has 9 rings (SSSR count). The summed E-state index contributed by atoms with van der Waals surface area (Å²) in [5, 5.41) is 16.7. The zero-order chi connectivity index (χ0) is 42.9. The highest BCUT2D eigenvalue weighted by Gasteiger charge is 2.41. The number of imide groups is 1. The van der Waals surface area contributed by atoms with Gasteiger partial charge in [-0.3, -0.25) is 24.5 Å². The van der Waals surface area contributed by atoms with Crippen molar-refractivity contribution in [1.82, 2.24) is 39.5 Å². The summed E-state index contributed by atoms with van der Waals surface area (Å²) in [6.45, 7) is 4.94. The molecule has 3 fully saturated rings. The largest absolute Gasteiger partial charge is 0.385 e. The number of carbonyl (C=O) groups is 4. The van der Waals surface area contributed by atoms with Gasteiger partial charge in [0, 0.05) is 75.4 Å². The molecule has 4 amide bonds. The van der Waals surface area contributed by atoms with Crippen LogP contribution in [0.15, 0.2) is 67.1 Å². The summed E-state index contributed by atoms with van der Waals surface area (Å²) in [6.07, 6.45) is 4.79. The van der Waals surface area contributed by atoms with Crippen molar-refractivity contribution in [3.63, 3.8) is 0 Å². The minimum Gasteiger partial charge on any atom is -0.385 e. The summed E-state index contributed by atoms with van der Waals surface area (Å²) < 4.78 is 42.8. The van der Waals surface area contributed by atoms with E-state index in [1.807, 2.05) is 37.4 Å². The first-order chi connectivity index (χ1) is 30.1. The molecule has 0 radical (unpaired) electrons. The quantitative estimate of drug-likeness (QED) is 0.0899. The number of nitrogens with zero attached hydrogens (tertiary/aromatic N) is 8. The van der Waals surface area contributed by atoms with Crippen LogP contribution in [0.3, 0.4) is 0 Å². The van der Waals surface area contributed by atoms with Crippen LogP contribution in [0.5, 0.6) is 0 Å². The van der Waals surface area contributed by atoms with Crippen LogP contribution in [0.2, 0.25) is 0 Å². The molecule has 3 atom stereocenters. The maximum absolute atomic E-state index is 14.2. The molecule has 4 aliphatic rings. The fourth-order valence-corrected chi connectivity index (χ4v) is 8.66. The topological polar surface area (TPSA) is 181 Å². The van der Waals surface area contributed by atoms with Gasteiger partial charge in [-0.15, -0.1) is 0 Å². The highest BCUT2D eigenvalue weighted by Crippen LogP contribution is 2.34. The van der Waals surface area contributed by atoms with E-state index >= 15 is 0 Å². The third-order valence-electron chi connectivity index (χ3n) is 11.8. The van der Waals surface area contributed by atoms with Gasteiger partial charge in [0.2, 0.25) is 11.8 Å². The smallest absolute Gasteiger partial charge is 0.284 e. The third kappa shape index (κ3) is 8.47. The number of benzene rings is 2. The first-order valence-corrected chi connectivity index (χ1v) is 20.9. The van der Waals surface area contributed by atoms with Crippen LogP contribution in [0.1, 0.15) is 76.1 Å². The molecule has 0 spiro atoms. The van der Waals surface area contributed by atoms with Crippen molar-refractivity contribution in [1.29, 1.82) is 0 Å². The number of aromatic nitrogens is 5. The van der Waals surface area contributed by atoms with Crippen molar-refractivity contribution in [3.8, 4) is 5.69 Å². The van der Waals surface area contributed by atoms with Gasteiger partial charge in [0.05, 0.1) is 42.5 Å². The average Bonchev–Trinajstić information content (AvgIpc) is 4.12. The van der Waals surface area contributed by atoms with Gasteiger partial charge in [0.1, 0.15) is 17.4 Å². The Morgan fingerprint density at radius 3 is 2.68 bits per heavy atom. The molecular formula is C43H47F2N11O6. The number of hydrogen-bond acceptors (Lipinski definition) is 12. The number of anilines is 3. The summed E-state index contributed by atoms with van der Waals surface area (Å²) in [7, 11) is 2.02. The SMILES string of the molecule is CN(CCCOCCCNc1cccc2c1CN(C1CCC(=O)NC1=O)C2=O)Cc1ccc(-n2cc(NC(=O)c3cnn4ccc(N5C[C@H]6C[C@@H]5CO6)nc34)c(C(F)F)n2)cc1. The molecule has 3 saturated heterocycles. The Labute approximate surface area is 355 Å². The summed E-state index contributed by atoms with van der Waals surface area (Å²) in [6, 6.07) is 14.4. The van der Waals surface area contributed by atoms with Gasteiger partial charge in [-0.05, 0) is 68.6 Å². The first kappa shape index (κ1) is 41.1. The number of halogens is 2. The molecule has 5 aromatic rings. The minimum atomic E-state index is -2.92. The normalized spacial score (nSPS) is 19.6. The van der Waals surface area contributed by atoms with Gasteiger partial charge in [-0.1, -0.05) is 18.2 Å². The molecule has 17 nitrogen and oxygen atoms in total. The first-order valence-electron chi connectivity index (χ1n) is 20.9. The molecule has 62 heavy (non-hydrogen) atoms. The Morgan fingerprint density at radius 1 is 1.06 bits per heavy atom. The van der Waals surface area contributed by atoms with E-state index in [0.717, 1.165) is 49.2 Å². The van der Waals surface area contributed by atoms with E-state index in [-0.39, 0.29) is 41.6 Å². The molecule has 0 saturated carbocycles. The molecule has 19 heteroatoms. The second-order valence-corrected chi connectivity index (χ2v) is 16.1. The lowest BCUT2D eigenvalue weighted by Crippen LogP contribution is -2.52. The standard InChI is InChI=1S/C43H47F2N11O6/c1-52(15-4-18-61-17-3-14-46-33-6-2-5-30-32(33)23-54(43(30)60)35-11-12-37(57)50-42(35)59)21-26-7-9-27(10-8-26)56-24-34(38(51-56)39(44)45)48-41(58)31-20-47-55-16-13-36(49-40(31)55)53-22-29-19-28(53)25-62-29/h2,5-10,13,16,20,24,28-29,35,39,46H,3-4,11-12,14-15,17-19,21-23,25H2,1H3,(H,48,58)(H,50,57,59)/t28-,29-,35?/m1/s1. The number of amides is 4. The van der Waals surface area contributed by atoms with Crippen LogP contribution >= 0.6 is 0 Å². The van der Waals surface area contributed by atoms with E-state index in [1.54, 1.807) is 29.3 Å². The lowest BCUT2D eigenvalue weighted by atomic mass is 10.0. The number of carbonyl (C=O) groups excluding carboxylic acids is 4. The van der Waals surface area contributed by atoms with Crippen LogP contribution in [0.25, 0.3) is 11.3 Å². The molecule has 3 N–H and O–H groups in total. The van der Waals surface area contributed by atoms with Crippen molar-refractivity contribution in [2.75, 3.05) is 62.0 Å². The lowest BCUT2D eigenvalue weighted by Gasteiger charge is -2.29. The molecule has 4 aliphatic heterocycles. The summed E-state index contributed by atoms with van der Waals surface area (Å²) in [5.74, 6) is -0.846. The highest BCUT2D eigenvalue weighted by molar-refractivity contribution is 6.08. The zero-order valence-electron chi connectivity index (χ0n) is 34.1. The average molecular weight is 852 g/mol. The summed E-state index contributed by atoms with van der Waals surface area (Å²) in [5.41, 5.74) is 3.70. The maximum atomic E-state index is 14.2. The van der Waals surface area contributed by atoms with Crippen LogP contribution in [-0.4, -0.2) is 122 Å². The minimum absolute atomic E-state index is 0.103. The molecule has 0 aliphatic carbocycles. The van der Waals surface area contributed by atoms with E-state index in [2.05, 4.69) is 35.9 Å². The number of nitrogens with one attached hydrogen (secondary N) is 3. The summed E-state index contributed by atoms with van der Waals surface area (Å²) >= 11 is 0. The van der Waals surface area contributed by atoms with Crippen LogP contribution in [-0.2, 0) is 32.2 Å². The van der Waals surface area contributed by atoms with Crippen molar-refractivity contribution in [2.45, 2.75) is 69.8 Å². The van der Waals surface area contributed by atoms with Crippen LogP contribution in [0.4, 0.5) is 26.0 Å². The number of hydrogen-bond donors (Lipinski definition) is 3. The second-order valence-electron chi connectivity index (χ2n) is 16.1. The highest BCUT2D eigenvalue weighted by atomic mass is 19.3. The van der Waals surface area contributed by atoms with E-state index < -0.39 is 30.0 Å². The molecule has 324 valence electrons. The van der Waals surface area contributed by atoms with Crippen molar-refractivity contribution in [2.24, 2.45) is 0 Å². The zero-order valence-corrected chi connectivity index (χ0v) is 34.1.